The summed E-state index contributed by atoms with van der Waals surface area (Å²) in [7, 11) is 0. The number of carbonyl (C=O) groups is 1. The van der Waals surface area contributed by atoms with Crippen molar-refractivity contribution in [3.63, 3.8) is 0 Å². The molecule has 2 aromatic heterocycles. The largest absolute Gasteiger partial charge is 0.364 e. The van der Waals surface area contributed by atoms with Gasteiger partial charge in [0.05, 0.1) is 17.6 Å². The van der Waals surface area contributed by atoms with Crippen LogP contribution in [0.3, 0.4) is 0 Å². The summed E-state index contributed by atoms with van der Waals surface area (Å²) in [4.78, 5) is 19.4. The Labute approximate surface area is 171 Å². The number of fused-ring (bicyclic) bond motifs is 1. The summed E-state index contributed by atoms with van der Waals surface area (Å²) < 4.78 is 7.11. The highest BCUT2D eigenvalue weighted by molar-refractivity contribution is 5.91. The van der Waals surface area contributed by atoms with Crippen molar-refractivity contribution >= 4 is 16.9 Å². The third-order valence-corrected chi connectivity index (χ3v) is 5.58. The van der Waals surface area contributed by atoms with E-state index in [1.165, 1.54) is 11.8 Å². The molecule has 1 amide bonds. The van der Waals surface area contributed by atoms with Crippen LogP contribution in [0, 0.1) is 11.8 Å². The number of para-hydroxylation sites is 2. The molecule has 154 valence electrons. The average Bonchev–Trinajstić information content (AvgIpc) is 3.36. The molecule has 3 aromatic rings. The van der Waals surface area contributed by atoms with E-state index >= 15 is 0 Å². The van der Waals surface area contributed by atoms with E-state index < -0.39 is 0 Å². The molecule has 0 aliphatic carbocycles. The zero-order valence-corrected chi connectivity index (χ0v) is 17.2. The highest BCUT2D eigenvalue weighted by atomic mass is 16.5. The van der Waals surface area contributed by atoms with Gasteiger partial charge in [-0.2, -0.15) is 0 Å². The molecule has 0 spiro atoms. The summed E-state index contributed by atoms with van der Waals surface area (Å²) in [5.74, 6) is 2.06. The van der Waals surface area contributed by atoms with Crippen LogP contribution in [0.2, 0.25) is 0 Å². The van der Waals surface area contributed by atoms with Crippen molar-refractivity contribution in [3.05, 3.63) is 48.1 Å². The molecule has 1 fully saturated rings. The molecule has 1 aliphatic rings. The summed E-state index contributed by atoms with van der Waals surface area (Å²) in [6, 6.07) is 9.99. The van der Waals surface area contributed by atoms with E-state index in [9.17, 15) is 4.79 Å². The predicted molar refractivity (Wildman–Crippen MR) is 111 cm³/mol. The van der Waals surface area contributed by atoms with E-state index in [1.54, 1.807) is 6.07 Å². The Hall–Kier alpha value is -2.67. The number of amides is 1. The van der Waals surface area contributed by atoms with Gasteiger partial charge in [0.2, 0.25) is 0 Å². The Morgan fingerprint density at radius 1 is 1.24 bits per heavy atom. The van der Waals surface area contributed by atoms with Crippen LogP contribution in [-0.2, 0) is 13.1 Å². The molecule has 0 bridgehead atoms. The third kappa shape index (κ3) is 4.67. The number of carbonyl (C=O) groups excluding carboxylic acids is 1. The average molecular weight is 396 g/mol. The zero-order chi connectivity index (χ0) is 20.2. The summed E-state index contributed by atoms with van der Waals surface area (Å²) in [6.45, 7) is 9.09. The first-order valence-corrected chi connectivity index (χ1v) is 10.4. The van der Waals surface area contributed by atoms with E-state index in [0.717, 1.165) is 50.4 Å². The van der Waals surface area contributed by atoms with Crippen molar-refractivity contribution < 1.29 is 9.32 Å². The fraction of sp³-hybridized carbons (Fsp3) is 0.500. The van der Waals surface area contributed by atoms with Crippen LogP contribution in [0.1, 0.15) is 43.0 Å². The molecule has 1 N–H and O–H groups in total. The van der Waals surface area contributed by atoms with Gasteiger partial charge < -0.3 is 14.4 Å². The molecule has 7 heteroatoms. The smallest absolute Gasteiger partial charge is 0.273 e. The van der Waals surface area contributed by atoms with Crippen molar-refractivity contribution in [1.82, 2.24) is 24.9 Å². The van der Waals surface area contributed by atoms with Crippen LogP contribution in [0.15, 0.2) is 41.1 Å². The summed E-state index contributed by atoms with van der Waals surface area (Å²) >= 11 is 0. The Morgan fingerprint density at radius 3 is 2.76 bits per heavy atom. The minimum atomic E-state index is -0.163. The minimum absolute atomic E-state index is 0.163. The molecule has 4 rings (SSSR count). The van der Waals surface area contributed by atoms with Gasteiger partial charge in [0.15, 0.2) is 5.69 Å². The Kier molecular flexibility index (Phi) is 5.94. The first-order chi connectivity index (χ1) is 14.1. The summed E-state index contributed by atoms with van der Waals surface area (Å²) in [5.41, 5.74) is 2.64. The molecular weight excluding hydrogens is 366 g/mol. The van der Waals surface area contributed by atoms with Crippen molar-refractivity contribution in [3.8, 4) is 0 Å². The van der Waals surface area contributed by atoms with Gasteiger partial charge in [-0.15, -0.1) is 0 Å². The number of likely N-dealkylation sites (tertiary alicyclic amines) is 1. The van der Waals surface area contributed by atoms with E-state index in [4.69, 9.17) is 9.51 Å². The van der Waals surface area contributed by atoms with Gasteiger partial charge in [-0.25, -0.2) is 4.98 Å². The van der Waals surface area contributed by atoms with Crippen LogP contribution in [0.25, 0.3) is 11.0 Å². The topological polar surface area (TPSA) is 76.2 Å². The number of nitrogens with zero attached hydrogens (tertiary/aromatic N) is 4. The van der Waals surface area contributed by atoms with Crippen LogP contribution in [0.4, 0.5) is 0 Å². The molecule has 0 radical (unpaired) electrons. The van der Waals surface area contributed by atoms with Gasteiger partial charge >= 0.3 is 0 Å². The number of rotatable bonds is 7. The molecule has 1 aliphatic heterocycles. The number of aromatic nitrogens is 3. The molecule has 1 saturated heterocycles. The maximum Gasteiger partial charge on any atom is 0.273 e. The second kappa shape index (κ2) is 8.78. The number of hydrogen-bond donors (Lipinski definition) is 1. The van der Waals surface area contributed by atoms with Crippen LogP contribution in [-0.4, -0.2) is 45.1 Å². The Morgan fingerprint density at radius 2 is 2.03 bits per heavy atom. The third-order valence-electron chi connectivity index (χ3n) is 5.58. The summed E-state index contributed by atoms with van der Waals surface area (Å²) in [5, 5.41) is 6.65. The molecule has 29 heavy (non-hydrogen) atoms. The van der Waals surface area contributed by atoms with Gasteiger partial charge in [0, 0.05) is 19.2 Å². The lowest BCUT2D eigenvalue weighted by Crippen LogP contribution is -2.38. The van der Waals surface area contributed by atoms with Gasteiger partial charge in [0.1, 0.15) is 12.1 Å². The van der Waals surface area contributed by atoms with Crippen molar-refractivity contribution in [2.75, 3.05) is 19.6 Å². The predicted octanol–water partition coefficient (Wildman–Crippen LogP) is 3.32. The first-order valence-electron chi connectivity index (χ1n) is 10.4. The fourth-order valence-electron chi connectivity index (χ4n) is 4.02. The SMILES string of the molecule is CC(C)Cn1c(CN2CCC(CNC(=O)c3ccon3)CC2)nc2ccccc21. The fourth-order valence-corrected chi connectivity index (χ4v) is 4.02. The molecular formula is C22H29N5O2. The van der Waals surface area contributed by atoms with E-state index in [2.05, 4.69) is 58.1 Å². The quantitative estimate of drug-likeness (QED) is 0.664. The van der Waals surface area contributed by atoms with Crippen molar-refractivity contribution in [1.29, 1.82) is 0 Å². The van der Waals surface area contributed by atoms with Gasteiger partial charge in [0.25, 0.3) is 5.91 Å². The Balaban J connectivity index is 1.33. The summed E-state index contributed by atoms with van der Waals surface area (Å²) in [6.07, 6.45) is 3.56. The standard InChI is InChI=1S/C22H29N5O2/c1-16(2)14-27-20-6-4-3-5-18(20)24-21(27)15-26-10-7-17(8-11-26)13-23-22(28)19-9-12-29-25-19/h3-6,9,12,16-17H,7-8,10-11,13-15H2,1-2H3,(H,23,28). The van der Waals surface area contributed by atoms with Crippen LogP contribution >= 0.6 is 0 Å². The molecule has 0 unspecified atom stereocenters. The number of piperidine rings is 1. The lowest BCUT2D eigenvalue weighted by molar-refractivity contribution is 0.0925. The van der Waals surface area contributed by atoms with E-state index in [1.807, 2.05) is 0 Å². The Bertz CT molecular complexity index is 939. The highest BCUT2D eigenvalue weighted by Crippen LogP contribution is 2.22. The molecule has 0 atom stereocenters. The lowest BCUT2D eigenvalue weighted by Gasteiger charge is -2.31. The van der Waals surface area contributed by atoms with Crippen molar-refractivity contribution in [2.24, 2.45) is 11.8 Å². The second-order valence-electron chi connectivity index (χ2n) is 8.34. The van der Waals surface area contributed by atoms with Gasteiger partial charge in [-0.05, 0) is 49.9 Å². The maximum atomic E-state index is 12.0. The van der Waals surface area contributed by atoms with Gasteiger partial charge in [-0.3, -0.25) is 9.69 Å². The molecule has 7 nitrogen and oxygen atoms in total. The second-order valence-corrected chi connectivity index (χ2v) is 8.34. The van der Waals surface area contributed by atoms with Crippen molar-refractivity contribution in [2.45, 2.75) is 39.8 Å². The zero-order valence-electron chi connectivity index (χ0n) is 17.2. The number of nitrogens with one attached hydrogen (secondary N) is 1. The molecule has 0 saturated carbocycles. The number of imidazole rings is 1. The molecule has 3 heterocycles. The first kappa shape index (κ1) is 19.6. The van der Waals surface area contributed by atoms with Crippen LogP contribution < -0.4 is 5.32 Å². The van der Waals surface area contributed by atoms with E-state index in [-0.39, 0.29) is 5.91 Å². The maximum absolute atomic E-state index is 12.0. The van der Waals surface area contributed by atoms with Gasteiger partial charge in [-0.1, -0.05) is 31.1 Å². The molecule has 1 aromatic carbocycles. The van der Waals surface area contributed by atoms with Crippen LogP contribution in [0.5, 0.6) is 0 Å². The lowest BCUT2D eigenvalue weighted by atomic mass is 9.96. The number of benzene rings is 1. The monoisotopic (exact) mass is 395 g/mol. The number of hydrogen-bond acceptors (Lipinski definition) is 5. The minimum Gasteiger partial charge on any atom is -0.364 e. The highest BCUT2D eigenvalue weighted by Gasteiger charge is 2.22. The van der Waals surface area contributed by atoms with E-state index in [0.29, 0.717) is 24.1 Å². The normalized spacial score (nSPS) is 16.0.